The molecule has 2 aliphatic rings. The largest absolute Gasteiger partial charge is 0.368 e. The van der Waals surface area contributed by atoms with Crippen molar-refractivity contribution in [3.8, 4) is 0 Å². The Morgan fingerprint density at radius 1 is 1.18 bits per heavy atom. The standard InChI is InChI=1S/C19H20Cl2N4O2S/c20-14-10-13(1-2-15(14)24-7-5-22-6-8-24)25-11-12(9-18(25)26)23-19(27)16-3-4-17(21)28-16/h1-4,10,12,22H,5-9,11H2,(H,23,27). The van der Waals surface area contributed by atoms with E-state index in [0.717, 1.165) is 37.6 Å². The van der Waals surface area contributed by atoms with Crippen molar-refractivity contribution in [3.05, 3.63) is 44.6 Å². The summed E-state index contributed by atoms with van der Waals surface area (Å²) in [5, 5.41) is 6.87. The summed E-state index contributed by atoms with van der Waals surface area (Å²) in [6, 6.07) is 8.86. The van der Waals surface area contributed by atoms with Crippen molar-refractivity contribution in [2.24, 2.45) is 0 Å². The van der Waals surface area contributed by atoms with Gasteiger partial charge in [-0.3, -0.25) is 9.59 Å². The number of amides is 2. The molecule has 0 radical (unpaired) electrons. The molecule has 2 aromatic rings. The van der Waals surface area contributed by atoms with E-state index >= 15 is 0 Å². The maximum atomic E-state index is 12.5. The van der Waals surface area contributed by atoms with Crippen LogP contribution >= 0.6 is 34.5 Å². The molecule has 0 bridgehead atoms. The lowest BCUT2D eigenvalue weighted by molar-refractivity contribution is -0.117. The Hall–Kier alpha value is -1.80. The van der Waals surface area contributed by atoms with Crippen LogP contribution in [0.1, 0.15) is 16.1 Å². The summed E-state index contributed by atoms with van der Waals surface area (Å²) < 4.78 is 0.563. The molecule has 1 aromatic heterocycles. The Kier molecular flexibility index (Phi) is 5.78. The summed E-state index contributed by atoms with van der Waals surface area (Å²) in [5.41, 5.74) is 1.74. The van der Waals surface area contributed by atoms with Gasteiger partial charge in [-0.2, -0.15) is 0 Å². The number of nitrogens with zero attached hydrogens (tertiary/aromatic N) is 2. The number of rotatable bonds is 4. The Morgan fingerprint density at radius 3 is 2.64 bits per heavy atom. The number of carbonyl (C=O) groups excluding carboxylic acids is 2. The third-order valence-electron chi connectivity index (χ3n) is 4.96. The molecule has 9 heteroatoms. The summed E-state index contributed by atoms with van der Waals surface area (Å²) in [5.74, 6) is -0.232. The Bertz CT molecular complexity index is 898. The fraction of sp³-hybridized carbons (Fsp3) is 0.368. The lowest BCUT2D eigenvalue weighted by Crippen LogP contribution is -2.43. The van der Waals surface area contributed by atoms with Crippen molar-refractivity contribution in [2.45, 2.75) is 12.5 Å². The second-order valence-corrected chi connectivity index (χ2v) is 8.98. The zero-order chi connectivity index (χ0) is 19.7. The van der Waals surface area contributed by atoms with Gasteiger partial charge in [0, 0.05) is 44.8 Å². The number of piperazine rings is 1. The number of hydrogen-bond acceptors (Lipinski definition) is 5. The van der Waals surface area contributed by atoms with Crippen LogP contribution in [0, 0.1) is 0 Å². The topological polar surface area (TPSA) is 64.7 Å². The van der Waals surface area contributed by atoms with E-state index < -0.39 is 0 Å². The average molecular weight is 439 g/mol. The van der Waals surface area contributed by atoms with E-state index in [9.17, 15) is 9.59 Å². The molecular formula is C19H20Cl2N4O2S. The molecule has 1 aromatic carbocycles. The van der Waals surface area contributed by atoms with Crippen molar-refractivity contribution in [1.29, 1.82) is 0 Å². The van der Waals surface area contributed by atoms with Gasteiger partial charge in [-0.1, -0.05) is 23.2 Å². The fourth-order valence-electron chi connectivity index (χ4n) is 3.57. The molecule has 2 fully saturated rings. The SMILES string of the molecule is O=C(NC1CC(=O)N(c2ccc(N3CCNCC3)c(Cl)c2)C1)c1ccc(Cl)s1. The minimum atomic E-state index is -0.243. The predicted octanol–water partition coefficient (Wildman–Crippen LogP) is 3.00. The van der Waals surface area contributed by atoms with Gasteiger partial charge >= 0.3 is 0 Å². The molecule has 28 heavy (non-hydrogen) atoms. The molecule has 2 N–H and O–H groups in total. The van der Waals surface area contributed by atoms with Crippen molar-refractivity contribution in [3.63, 3.8) is 0 Å². The van der Waals surface area contributed by atoms with Gasteiger partial charge in [0.15, 0.2) is 0 Å². The normalized spacial score (nSPS) is 19.9. The van der Waals surface area contributed by atoms with E-state index in [1.165, 1.54) is 11.3 Å². The van der Waals surface area contributed by atoms with Crippen LogP contribution in [0.15, 0.2) is 30.3 Å². The van der Waals surface area contributed by atoms with Crippen LogP contribution in [0.25, 0.3) is 0 Å². The minimum Gasteiger partial charge on any atom is -0.368 e. The zero-order valence-electron chi connectivity index (χ0n) is 15.1. The van der Waals surface area contributed by atoms with Crippen molar-refractivity contribution in [1.82, 2.24) is 10.6 Å². The molecule has 2 saturated heterocycles. The number of anilines is 2. The summed E-state index contributed by atoms with van der Waals surface area (Å²) in [6.07, 6.45) is 0.266. The monoisotopic (exact) mass is 438 g/mol. The molecule has 0 saturated carbocycles. The first kappa shape index (κ1) is 19.5. The maximum absolute atomic E-state index is 12.5. The highest BCUT2D eigenvalue weighted by Gasteiger charge is 2.32. The van der Waals surface area contributed by atoms with Gasteiger partial charge in [0.25, 0.3) is 5.91 Å². The highest BCUT2D eigenvalue weighted by atomic mass is 35.5. The summed E-state index contributed by atoms with van der Waals surface area (Å²) in [7, 11) is 0. The van der Waals surface area contributed by atoms with Crippen LogP contribution in [0.2, 0.25) is 9.36 Å². The first-order valence-corrected chi connectivity index (χ1v) is 10.7. The highest BCUT2D eigenvalue weighted by Crippen LogP contribution is 2.32. The molecule has 4 rings (SSSR count). The Balaban J connectivity index is 1.43. The Labute approximate surface area is 177 Å². The van der Waals surface area contributed by atoms with Gasteiger partial charge in [-0.05, 0) is 30.3 Å². The third kappa shape index (κ3) is 4.12. The van der Waals surface area contributed by atoms with Crippen LogP contribution in [-0.2, 0) is 4.79 Å². The molecule has 0 aliphatic carbocycles. The number of halogens is 2. The number of benzene rings is 1. The van der Waals surface area contributed by atoms with Crippen molar-refractivity contribution >= 4 is 57.7 Å². The number of thiophene rings is 1. The van der Waals surface area contributed by atoms with E-state index in [-0.39, 0.29) is 24.3 Å². The maximum Gasteiger partial charge on any atom is 0.261 e. The number of nitrogens with one attached hydrogen (secondary N) is 2. The first-order chi connectivity index (χ1) is 13.5. The molecule has 2 amide bonds. The molecule has 6 nitrogen and oxygen atoms in total. The minimum absolute atomic E-state index is 0.0273. The molecule has 1 unspecified atom stereocenters. The Morgan fingerprint density at radius 2 is 1.96 bits per heavy atom. The molecule has 148 valence electrons. The van der Waals surface area contributed by atoms with Gasteiger partial charge in [0.2, 0.25) is 5.91 Å². The van der Waals surface area contributed by atoms with E-state index in [0.29, 0.717) is 20.8 Å². The van der Waals surface area contributed by atoms with E-state index in [4.69, 9.17) is 23.2 Å². The van der Waals surface area contributed by atoms with Gasteiger partial charge < -0.3 is 20.4 Å². The van der Waals surface area contributed by atoms with Crippen LogP contribution in [0.5, 0.6) is 0 Å². The van der Waals surface area contributed by atoms with Crippen LogP contribution in [0.3, 0.4) is 0 Å². The fourth-order valence-corrected chi connectivity index (χ4v) is 4.81. The zero-order valence-corrected chi connectivity index (χ0v) is 17.4. The molecule has 0 spiro atoms. The highest BCUT2D eigenvalue weighted by molar-refractivity contribution is 7.18. The van der Waals surface area contributed by atoms with Gasteiger partial charge in [-0.25, -0.2) is 0 Å². The lowest BCUT2D eigenvalue weighted by atomic mass is 10.2. The summed E-state index contributed by atoms with van der Waals surface area (Å²) >= 11 is 13.6. The molecule has 2 aliphatic heterocycles. The van der Waals surface area contributed by atoms with Crippen molar-refractivity contribution < 1.29 is 9.59 Å². The average Bonchev–Trinajstić information content (AvgIpc) is 3.28. The summed E-state index contributed by atoms with van der Waals surface area (Å²) in [4.78, 5) is 29.3. The molecule has 3 heterocycles. The van der Waals surface area contributed by atoms with Crippen LogP contribution in [-0.4, -0.2) is 50.6 Å². The predicted molar refractivity (Wildman–Crippen MR) is 114 cm³/mol. The van der Waals surface area contributed by atoms with Crippen LogP contribution < -0.4 is 20.4 Å². The second-order valence-electron chi connectivity index (χ2n) is 6.86. The molecular weight excluding hydrogens is 419 g/mol. The van der Waals surface area contributed by atoms with Gasteiger partial charge in [-0.15, -0.1) is 11.3 Å². The van der Waals surface area contributed by atoms with Gasteiger partial charge in [0.1, 0.15) is 0 Å². The van der Waals surface area contributed by atoms with E-state index in [2.05, 4.69) is 15.5 Å². The molecule has 1 atom stereocenters. The van der Waals surface area contributed by atoms with E-state index in [1.54, 1.807) is 17.0 Å². The smallest absolute Gasteiger partial charge is 0.261 e. The quantitative estimate of drug-likeness (QED) is 0.769. The second kappa shape index (κ2) is 8.29. The van der Waals surface area contributed by atoms with Crippen molar-refractivity contribution in [2.75, 3.05) is 42.5 Å². The first-order valence-electron chi connectivity index (χ1n) is 9.13. The third-order valence-corrected chi connectivity index (χ3v) is 6.49. The van der Waals surface area contributed by atoms with E-state index in [1.807, 2.05) is 18.2 Å². The van der Waals surface area contributed by atoms with Crippen LogP contribution in [0.4, 0.5) is 11.4 Å². The summed E-state index contributed by atoms with van der Waals surface area (Å²) in [6.45, 7) is 4.09. The number of hydrogen-bond donors (Lipinski definition) is 2. The number of carbonyl (C=O) groups is 2. The van der Waals surface area contributed by atoms with Gasteiger partial charge in [0.05, 0.1) is 26.0 Å². The lowest BCUT2D eigenvalue weighted by Gasteiger charge is -2.30.